The molecule has 130 valence electrons. The Labute approximate surface area is 137 Å². The summed E-state index contributed by atoms with van der Waals surface area (Å²) in [4.78, 5) is 0. The van der Waals surface area contributed by atoms with Crippen LogP contribution >= 0.6 is 0 Å². The number of aromatic nitrogens is 2. The Morgan fingerprint density at radius 2 is 1.92 bits per heavy atom. The van der Waals surface area contributed by atoms with Gasteiger partial charge in [0.1, 0.15) is 0 Å². The smallest absolute Gasteiger partial charge is 0.396 e. The molecular weight excluding hydrogens is 323 g/mol. The van der Waals surface area contributed by atoms with E-state index in [2.05, 4.69) is 10.4 Å². The Morgan fingerprint density at radius 3 is 2.42 bits per heavy atom. The van der Waals surface area contributed by atoms with E-state index in [4.69, 9.17) is 4.74 Å². The fourth-order valence-corrected chi connectivity index (χ4v) is 2.50. The minimum absolute atomic E-state index is 0.0831. The van der Waals surface area contributed by atoms with Crippen LogP contribution in [0.15, 0.2) is 36.5 Å². The van der Waals surface area contributed by atoms with Gasteiger partial charge in [-0.05, 0) is 23.8 Å². The summed E-state index contributed by atoms with van der Waals surface area (Å²) in [5, 5.41) is 16.2. The molecule has 24 heavy (non-hydrogen) atoms. The summed E-state index contributed by atoms with van der Waals surface area (Å²) in [5.41, 5.74) is 0.456. The van der Waals surface area contributed by atoms with E-state index in [0.717, 1.165) is 11.6 Å². The Kier molecular flexibility index (Phi) is 4.62. The maximum atomic E-state index is 12.6. The van der Waals surface area contributed by atoms with E-state index in [1.54, 1.807) is 12.1 Å². The van der Waals surface area contributed by atoms with Crippen molar-refractivity contribution in [1.29, 1.82) is 0 Å². The second kappa shape index (κ2) is 6.54. The van der Waals surface area contributed by atoms with Gasteiger partial charge >= 0.3 is 6.18 Å². The van der Waals surface area contributed by atoms with Crippen molar-refractivity contribution in [2.75, 3.05) is 26.4 Å². The molecule has 1 aliphatic rings. The lowest BCUT2D eigenvalue weighted by molar-refractivity contribution is -0.141. The Morgan fingerprint density at radius 1 is 1.21 bits per heavy atom. The first-order chi connectivity index (χ1) is 11.4. The molecule has 0 radical (unpaired) electrons. The van der Waals surface area contributed by atoms with Gasteiger partial charge in [-0.15, -0.1) is 0 Å². The number of aliphatic hydroxyl groups excluding tert-OH is 1. The van der Waals surface area contributed by atoms with Gasteiger partial charge in [-0.3, -0.25) is 0 Å². The van der Waals surface area contributed by atoms with E-state index in [9.17, 15) is 18.3 Å². The van der Waals surface area contributed by atoms with Crippen LogP contribution in [0.3, 0.4) is 0 Å². The second-order valence-electron chi connectivity index (χ2n) is 6.06. The molecule has 0 spiro atoms. The predicted octanol–water partition coefficient (Wildman–Crippen LogP) is 1.99. The number of nitrogens with one attached hydrogen (secondary N) is 1. The van der Waals surface area contributed by atoms with Crippen LogP contribution in [0.5, 0.6) is 0 Å². The second-order valence-corrected chi connectivity index (χ2v) is 6.06. The van der Waals surface area contributed by atoms with E-state index in [1.165, 1.54) is 10.9 Å². The summed E-state index contributed by atoms with van der Waals surface area (Å²) >= 11 is 0. The van der Waals surface area contributed by atoms with Crippen molar-refractivity contribution >= 4 is 0 Å². The van der Waals surface area contributed by atoms with Crippen molar-refractivity contribution in [2.45, 2.75) is 12.7 Å². The van der Waals surface area contributed by atoms with E-state index in [1.807, 2.05) is 12.1 Å². The maximum absolute atomic E-state index is 12.6. The van der Waals surface area contributed by atoms with Crippen molar-refractivity contribution in [3.63, 3.8) is 0 Å². The van der Waals surface area contributed by atoms with Crippen molar-refractivity contribution in [1.82, 2.24) is 15.1 Å². The third-order valence-electron chi connectivity index (χ3n) is 4.06. The summed E-state index contributed by atoms with van der Waals surface area (Å²) in [6, 6.07) is 8.06. The normalized spacial score (nSPS) is 16.8. The first kappa shape index (κ1) is 16.9. The molecule has 0 atom stereocenters. The molecule has 0 amide bonds. The quantitative estimate of drug-likeness (QED) is 0.844. The van der Waals surface area contributed by atoms with Gasteiger partial charge in [-0.1, -0.05) is 12.1 Å². The average Bonchev–Trinajstić information content (AvgIpc) is 3.01. The lowest BCUT2D eigenvalue weighted by Gasteiger charge is -2.40. The molecule has 2 heterocycles. The Hall–Kier alpha value is -1.90. The maximum Gasteiger partial charge on any atom is 0.435 e. The number of halogens is 3. The SMILES string of the molecule is OCC1(CNCc2ccc(-n3ccc(C(F)(F)F)n3)cc2)COC1. The topological polar surface area (TPSA) is 59.3 Å². The Bertz CT molecular complexity index is 673. The van der Waals surface area contributed by atoms with E-state index in [0.29, 0.717) is 32.0 Å². The highest BCUT2D eigenvalue weighted by atomic mass is 19.4. The summed E-state index contributed by atoms with van der Waals surface area (Å²) in [6.07, 6.45) is -3.15. The van der Waals surface area contributed by atoms with Crippen LogP contribution < -0.4 is 5.32 Å². The van der Waals surface area contributed by atoms with E-state index >= 15 is 0 Å². The number of nitrogens with zero attached hydrogens (tertiary/aromatic N) is 2. The monoisotopic (exact) mass is 341 g/mol. The Balaban J connectivity index is 1.58. The molecular formula is C16H18F3N3O2. The van der Waals surface area contributed by atoms with Crippen LogP contribution in [-0.2, 0) is 17.5 Å². The number of hydrogen-bond donors (Lipinski definition) is 2. The largest absolute Gasteiger partial charge is 0.435 e. The van der Waals surface area contributed by atoms with Crippen molar-refractivity contribution < 1.29 is 23.0 Å². The molecule has 2 N–H and O–H groups in total. The van der Waals surface area contributed by atoms with Crippen LogP contribution in [0, 0.1) is 5.41 Å². The molecule has 1 saturated heterocycles. The van der Waals surface area contributed by atoms with Gasteiger partial charge in [0.25, 0.3) is 0 Å². The fourth-order valence-electron chi connectivity index (χ4n) is 2.50. The predicted molar refractivity (Wildman–Crippen MR) is 80.6 cm³/mol. The fraction of sp³-hybridized carbons (Fsp3) is 0.438. The molecule has 0 bridgehead atoms. The first-order valence-corrected chi connectivity index (χ1v) is 7.53. The highest BCUT2D eigenvalue weighted by molar-refractivity contribution is 5.34. The molecule has 0 aliphatic carbocycles. The lowest BCUT2D eigenvalue weighted by Crippen LogP contribution is -2.52. The summed E-state index contributed by atoms with van der Waals surface area (Å²) < 4.78 is 44.0. The van der Waals surface area contributed by atoms with Gasteiger partial charge in [0.15, 0.2) is 5.69 Å². The third-order valence-corrected chi connectivity index (χ3v) is 4.06. The van der Waals surface area contributed by atoms with Crippen molar-refractivity contribution in [3.8, 4) is 5.69 Å². The lowest BCUT2D eigenvalue weighted by atomic mass is 9.87. The van der Waals surface area contributed by atoms with Crippen molar-refractivity contribution in [2.24, 2.45) is 5.41 Å². The van der Waals surface area contributed by atoms with Crippen LogP contribution in [0.1, 0.15) is 11.3 Å². The van der Waals surface area contributed by atoms with Gasteiger partial charge in [-0.2, -0.15) is 18.3 Å². The van der Waals surface area contributed by atoms with Gasteiger partial charge in [-0.25, -0.2) is 4.68 Å². The zero-order valence-corrected chi connectivity index (χ0v) is 12.9. The zero-order valence-electron chi connectivity index (χ0n) is 12.9. The molecule has 1 aromatic carbocycles. The molecule has 3 rings (SSSR count). The molecule has 1 aliphatic heterocycles. The number of ether oxygens (including phenoxy) is 1. The van der Waals surface area contributed by atoms with Crippen LogP contribution in [0.25, 0.3) is 5.69 Å². The summed E-state index contributed by atoms with van der Waals surface area (Å²) in [6.45, 7) is 2.45. The summed E-state index contributed by atoms with van der Waals surface area (Å²) in [7, 11) is 0. The number of benzene rings is 1. The number of alkyl halides is 3. The van der Waals surface area contributed by atoms with Gasteiger partial charge in [0, 0.05) is 19.3 Å². The van der Waals surface area contributed by atoms with E-state index < -0.39 is 11.9 Å². The number of aliphatic hydroxyl groups is 1. The third kappa shape index (κ3) is 3.61. The number of hydrogen-bond acceptors (Lipinski definition) is 4. The highest BCUT2D eigenvalue weighted by Gasteiger charge is 2.37. The zero-order chi connectivity index (χ0) is 17.2. The highest BCUT2D eigenvalue weighted by Crippen LogP contribution is 2.28. The van der Waals surface area contributed by atoms with Crippen molar-refractivity contribution in [3.05, 3.63) is 47.8 Å². The van der Waals surface area contributed by atoms with E-state index in [-0.39, 0.29) is 12.0 Å². The standard InChI is InChI=1S/C16H18F3N3O2/c17-16(18,19)14-5-6-22(21-14)13-3-1-12(2-4-13)7-20-8-15(9-23)10-24-11-15/h1-6,20,23H,7-11H2. The molecule has 8 heteroatoms. The minimum atomic E-state index is -4.44. The molecule has 0 saturated carbocycles. The van der Waals surface area contributed by atoms with Gasteiger partial charge in [0.2, 0.25) is 0 Å². The molecule has 1 fully saturated rings. The van der Waals surface area contributed by atoms with Crippen LogP contribution in [-0.4, -0.2) is 41.3 Å². The summed E-state index contributed by atoms with van der Waals surface area (Å²) in [5.74, 6) is 0. The number of rotatable bonds is 6. The minimum Gasteiger partial charge on any atom is -0.396 e. The molecule has 5 nitrogen and oxygen atoms in total. The molecule has 1 aromatic heterocycles. The van der Waals surface area contributed by atoms with Gasteiger partial charge < -0.3 is 15.2 Å². The molecule has 2 aromatic rings. The van der Waals surface area contributed by atoms with Crippen LogP contribution in [0.4, 0.5) is 13.2 Å². The average molecular weight is 341 g/mol. The first-order valence-electron chi connectivity index (χ1n) is 7.53. The molecule has 0 unspecified atom stereocenters. The van der Waals surface area contributed by atoms with Gasteiger partial charge in [0.05, 0.1) is 30.9 Å². The van der Waals surface area contributed by atoms with Crippen LogP contribution in [0.2, 0.25) is 0 Å².